The van der Waals surface area contributed by atoms with Crippen LogP contribution in [0.15, 0.2) is 59.7 Å². The fourth-order valence-corrected chi connectivity index (χ4v) is 4.54. The number of hydrogen-bond donors (Lipinski definition) is 2. The van der Waals surface area contributed by atoms with Gasteiger partial charge in [0, 0.05) is 50.3 Å². The molecule has 0 saturated carbocycles. The Morgan fingerprint density at radius 3 is 2.12 bits per heavy atom. The molecule has 0 amide bonds. The molecule has 0 aromatic carbocycles. The minimum absolute atomic E-state index is 0.247. The van der Waals surface area contributed by atoms with Crippen LogP contribution in [0.1, 0.15) is 17.3 Å². The summed E-state index contributed by atoms with van der Waals surface area (Å²) in [5, 5.41) is 27.6. The van der Waals surface area contributed by atoms with Crippen molar-refractivity contribution in [3.63, 3.8) is 0 Å². The van der Waals surface area contributed by atoms with Gasteiger partial charge < -0.3 is 10.2 Å². The molecule has 5 heterocycles. The number of piperazine rings is 1. The van der Waals surface area contributed by atoms with E-state index < -0.39 is 24.3 Å². The molecule has 0 spiro atoms. The summed E-state index contributed by atoms with van der Waals surface area (Å²) >= 11 is 1.76. The first-order chi connectivity index (χ1) is 19.7. The van der Waals surface area contributed by atoms with Gasteiger partial charge in [-0.1, -0.05) is 11.3 Å². The number of aliphatic carboxylic acids is 2. The number of carbonyl (C=O) groups is 2. The normalized spacial score (nSPS) is 16.2. The van der Waals surface area contributed by atoms with Crippen LogP contribution in [0, 0.1) is 0 Å². The summed E-state index contributed by atoms with van der Waals surface area (Å²) in [7, 11) is 2.18. The molecule has 0 radical (unpaired) electrons. The van der Waals surface area contributed by atoms with Crippen molar-refractivity contribution in [3.8, 4) is 11.1 Å². The van der Waals surface area contributed by atoms with Crippen LogP contribution in [0.4, 0.5) is 26.3 Å². The zero-order valence-electron chi connectivity index (χ0n) is 21.7. The van der Waals surface area contributed by atoms with Gasteiger partial charge in [-0.25, -0.2) is 14.1 Å². The molecule has 0 aliphatic carbocycles. The first kappa shape index (κ1) is 32.4. The molecule has 5 rings (SSSR count). The van der Waals surface area contributed by atoms with E-state index in [1.54, 1.807) is 11.3 Å². The van der Waals surface area contributed by atoms with Crippen LogP contribution >= 0.6 is 11.3 Å². The third-order valence-corrected chi connectivity index (χ3v) is 6.70. The molecule has 1 unspecified atom stereocenters. The minimum atomic E-state index is -5.08. The van der Waals surface area contributed by atoms with Crippen molar-refractivity contribution in [2.24, 2.45) is 0 Å². The third-order valence-electron chi connectivity index (χ3n) is 5.97. The molecule has 2 N–H and O–H groups in total. The monoisotopic (exact) mass is 618 g/mol. The lowest BCUT2D eigenvalue weighted by molar-refractivity contribution is -0.193. The molecule has 4 aromatic heterocycles. The van der Waals surface area contributed by atoms with Crippen molar-refractivity contribution < 1.29 is 46.1 Å². The second-order valence-corrected chi connectivity index (χ2v) is 9.71. The van der Waals surface area contributed by atoms with E-state index in [4.69, 9.17) is 19.8 Å². The van der Waals surface area contributed by atoms with Crippen LogP contribution in [0.25, 0.3) is 16.6 Å². The Morgan fingerprint density at radius 1 is 0.952 bits per heavy atom. The maximum Gasteiger partial charge on any atom is 0.490 e. The number of likely N-dealkylation sites (N-methyl/N-ethyl adjacent to an activating group) is 1. The molecule has 4 aromatic rings. The number of rotatable bonds is 4. The van der Waals surface area contributed by atoms with Gasteiger partial charge in [0.1, 0.15) is 5.69 Å². The van der Waals surface area contributed by atoms with Crippen molar-refractivity contribution >= 4 is 28.8 Å². The summed E-state index contributed by atoms with van der Waals surface area (Å²) < 4.78 is 65.4. The van der Waals surface area contributed by atoms with Crippen LogP contribution in [-0.2, 0) is 16.1 Å². The number of pyridine rings is 2. The first-order valence-corrected chi connectivity index (χ1v) is 12.9. The lowest BCUT2D eigenvalue weighted by Crippen LogP contribution is -2.46. The summed E-state index contributed by atoms with van der Waals surface area (Å²) in [6.45, 7) is 4.07. The van der Waals surface area contributed by atoms with E-state index in [1.165, 1.54) is 5.56 Å². The molecule has 1 aliphatic rings. The largest absolute Gasteiger partial charge is 0.490 e. The Kier molecular flexibility index (Phi) is 10.6. The number of nitrogens with zero attached hydrogens (tertiary/aromatic N) is 6. The number of fused-ring (bicyclic) bond motifs is 1. The van der Waals surface area contributed by atoms with Gasteiger partial charge in [-0.05, 0) is 53.2 Å². The molecule has 42 heavy (non-hydrogen) atoms. The summed E-state index contributed by atoms with van der Waals surface area (Å²) in [6.07, 6.45) is -4.50. The minimum Gasteiger partial charge on any atom is -0.475 e. The molecule has 1 aliphatic heterocycles. The zero-order valence-corrected chi connectivity index (χ0v) is 22.6. The Bertz CT molecular complexity index is 1440. The van der Waals surface area contributed by atoms with Gasteiger partial charge in [0.05, 0.1) is 11.6 Å². The molecular formula is C25H24F6N6O4S. The van der Waals surface area contributed by atoms with E-state index in [2.05, 4.69) is 61.1 Å². The summed E-state index contributed by atoms with van der Waals surface area (Å²) in [5.74, 6) is -5.51. The Labute approximate surface area is 238 Å². The van der Waals surface area contributed by atoms with Gasteiger partial charge in [0.15, 0.2) is 0 Å². The summed E-state index contributed by atoms with van der Waals surface area (Å²) in [5.41, 5.74) is 5.77. The van der Waals surface area contributed by atoms with Crippen molar-refractivity contribution in [1.29, 1.82) is 0 Å². The maximum atomic E-state index is 10.6. The predicted molar refractivity (Wildman–Crippen MR) is 139 cm³/mol. The van der Waals surface area contributed by atoms with Crippen LogP contribution in [0.2, 0.25) is 0 Å². The molecular weight excluding hydrogens is 594 g/mol. The van der Waals surface area contributed by atoms with Crippen LogP contribution < -0.4 is 0 Å². The van der Waals surface area contributed by atoms with Gasteiger partial charge in [0.25, 0.3) is 0 Å². The highest BCUT2D eigenvalue weighted by Crippen LogP contribution is 2.28. The maximum absolute atomic E-state index is 10.6. The summed E-state index contributed by atoms with van der Waals surface area (Å²) in [4.78, 5) is 26.8. The Balaban J connectivity index is 0.000000289. The van der Waals surface area contributed by atoms with E-state index in [1.807, 2.05) is 35.2 Å². The lowest BCUT2D eigenvalue weighted by atomic mass is 10.1. The smallest absolute Gasteiger partial charge is 0.475 e. The van der Waals surface area contributed by atoms with Gasteiger partial charge >= 0.3 is 24.3 Å². The average Bonchev–Trinajstić information content (AvgIpc) is 3.59. The standard InChI is InChI=1S/C21H22N6S.2C2HF3O2/c1-25-9-10-26(12-16-6-11-28-15-16)14-20(25)21-19-3-2-18(13-27(19)24-23-21)17-4-7-22-8-5-17;2*3-2(4,5)1(6)7/h2-8,11,13,15,20H,9-10,12,14H2,1H3;2*(H,6,7). The van der Waals surface area contributed by atoms with E-state index in [0.717, 1.165) is 48.5 Å². The SMILES string of the molecule is CN1CCN(Cc2ccsc2)CC1c1nnn2cc(-c3ccncc3)ccc12.O=C(O)C(F)(F)F.O=C(O)C(F)(F)F. The number of carboxylic acid groups (broad SMARTS) is 2. The summed E-state index contributed by atoms with van der Waals surface area (Å²) in [6, 6.07) is 10.8. The lowest BCUT2D eigenvalue weighted by Gasteiger charge is -2.38. The van der Waals surface area contributed by atoms with Gasteiger partial charge in [-0.3, -0.25) is 14.8 Å². The van der Waals surface area contributed by atoms with E-state index in [9.17, 15) is 26.3 Å². The highest BCUT2D eigenvalue weighted by Gasteiger charge is 2.39. The highest BCUT2D eigenvalue weighted by atomic mass is 32.1. The number of alkyl halides is 6. The molecule has 0 bridgehead atoms. The van der Waals surface area contributed by atoms with Gasteiger partial charge in [0.2, 0.25) is 0 Å². The van der Waals surface area contributed by atoms with Crippen molar-refractivity contribution in [2.45, 2.75) is 24.9 Å². The number of hydrogen-bond acceptors (Lipinski definition) is 8. The Hall–Kier alpha value is -4.09. The zero-order chi connectivity index (χ0) is 31.1. The van der Waals surface area contributed by atoms with Gasteiger partial charge in [-0.2, -0.15) is 37.7 Å². The van der Waals surface area contributed by atoms with Crippen LogP contribution in [0.5, 0.6) is 0 Å². The second-order valence-electron chi connectivity index (χ2n) is 8.93. The van der Waals surface area contributed by atoms with E-state index in [0.29, 0.717) is 0 Å². The average molecular weight is 619 g/mol. The van der Waals surface area contributed by atoms with Crippen molar-refractivity contribution in [1.82, 2.24) is 29.6 Å². The molecule has 1 fully saturated rings. The second kappa shape index (κ2) is 13.7. The molecule has 17 heteroatoms. The topological polar surface area (TPSA) is 124 Å². The van der Waals surface area contributed by atoms with Crippen LogP contribution in [0.3, 0.4) is 0 Å². The van der Waals surface area contributed by atoms with Crippen LogP contribution in [-0.4, -0.2) is 90.8 Å². The predicted octanol–water partition coefficient (Wildman–Crippen LogP) is 4.61. The molecule has 226 valence electrons. The quantitative estimate of drug-likeness (QED) is 0.316. The first-order valence-electron chi connectivity index (χ1n) is 12.0. The number of carboxylic acids is 2. The van der Waals surface area contributed by atoms with E-state index in [-0.39, 0.29) is 6.04 Å². The fraction of sp³-hybridized carbons (Fsp3) is 0.320. The molecule has 1 saturated heterocycles. The Morgan fingerprint density at radius 2 is 1.57 bits per heavy atom. The molecule has 10 nitrogen and oxygen atoms in total. The molecule has 1 atom stereocenters. The van der Waals surface area contributed by atoms with Crippen molar-refractivity contribution in [3.05, 3.63) is 70.9 Å². The number of aromatic nitrogens is 4. The highest BCUT2D eigenvalue weighted by molar-refractivity contribution is 7.07. The van der Waals surface area contributed by atoms with E-state index >= 15 is 0 Å². The number of halogens is 6. The number of thiophene rings is 1. The fourth-order valence-electron chi connectivity index (χ4n) is 3.88. The van der Waals surface area contributed by atoms with Gasteiger partial charge in [-0.15, -0.1) is 5.10 Å². The van der Waals surface area contributed by atoms with Crippen molar-refractivity contribution in [2.75, 3.05) is 26.7 Å². The third kappa shape index (κ3) is 8.95.